The van der Waals surface area contributed by atoms with Gasteiger partial charge in [-0.3, -0.25) is 19.7 Å². The molecule has 1 N–H and O–H groups in total. The quantitative estimate of drug-likeness (QED) is 0.506. The lowest BCUT2D eigenvalue weighted by molar-refractivity contribution is -0.113. The first kappa shape index (κ1) is 17.8. The zero-order chi connectivity index (χ0) is 19.2. The summed E-state index contributed by atoms with van der Waals surface area (Å²) in [6.45, 7) is 0. The van der Waals surface area contributed by atoms with E-state index in [4.69, 9.17) is 0 Å². The molecule has 0 aliphatic heterocycles. The van der Waals surface area contributed by atoms with Crippen LogP contribution >= 0.6 is 11.8 Å². The molecule has 28 heavy (non-hydrogen) atoms. The predicted octanol–water partition coefficient (Wildman–Crippen LogP) is 2.85. The standard InChI is InChI=1S/C19H15N7OS/c27-16(23-18-21-10-5-11-22-18)13-28-19-25-24-17(14-6-4-9-20-12-14)26(19)15-7-2-1-3-8-15/h1-12H,13H2,(H,21,22,23,27). The van der Waals surface area contributed by atoms with Gasteiger partial charge in [0.1, 0.15) is 0 Å². The van der Waals surface area contributed by atoms with Crippen LogP contribution in [-0.2, 0) is 4.79 Å². The SMILES string of the molecule is O=C(CSc1nnc(-c2cccnc2)n1-c1ccccc1)Nc1ncccn1. The number of carbonyl (C=O) groups excluding carboxylic acids is 1. The van der Waals surface area contributed by atoms with Crippen molar-refractivity contribution in [3.05, 3.63) is 73.3 Å². The predicted molar refractivity (Wildman–Crippen MR) is 106 cm³/mol. The van der Waals surface area contributed by atoms with Crippen LogP contribution < -0.4 is 5.32 Å². The summed E-state index contributed by atoms with van der Waals surface area (Å²) in [4.78, 5) is 24.4. The molecular formula is C19H15N7OS. The van der Waals surface area contributed by atoms with E-state index in [1.807, 2.05) is 47.0 Å². The summed E-state index contributed by atoms with van der Waals surface area (Å²) < 4.78 is 1.91. The van der Waals surface area contributed by atoms with Gasteiger partial charge in [0.25, 0.3) is 0 Å². The van der Waals surface area contributed by atoms with E-state index in [-0.39, 0.29) is 17.6 Å². The van der Waals surface area contributed by atoms with Crippen molar-refractivity contribution in [3.8, 4) is 17.1 Å². The Morgan fingerprint density at radius 2 is 1.79 bits per heavy atom. The molecule has 8 nitrogen and oxygen atoms in total. The van der Waals surface area contributed by atoms with Crippen molar-refractivity contribution < 1.29 is 4.79 Å². The zero-order valence-corrected chi connectivity index (χ0v) is 15.5. The highest BCUT2D eigenvalue weighted by Crippen LogP contribution is 2.27. The van der Waals surface area contributed by atoms with Crippen molar-refractivity contribution in [1.82, 2.24) is 29.7 Å². The smallest absolute Gasteiger partial charge is 0.237 e. The van der Waals surface area contributed by atoms with Crippen LogP contribution in [0.2, 0.25) is 0 Å². The van der Waals surface area contributed by atoms with Crippen molar-refractivity contribution in [2.75, 3.05) is 11.1 Å². The lowest BCUT2D eigenvalue weighted by Gasteiger charge is -2.10. The van der Waals surface area contributed by atoms with E-state index < -0.39 is 0 Å². The number of nitrogens with one attached hydrogen (secondary N) is 1. The number of hydrogen-bond donors (Lipinski definition) is 1. The zero-order valence-electron chi connectivity index (χ0n) is 14.6. The molecule has 0 aliphatic carbocycles. The minimum absolute atomic E-state index is 0.149. The number of pyridine rings is 1. The molecule has 138 valence electrons. The topological polar surface area (TPSA) is 98.5 Å². The van der Waals surface area contributed by atoms with Crippen LogP contribution in [0.5, 0.6) is 0 Å². The van der Waals surface area contributed by atoms with Gasteiger partial charge in [-0.15, -0.1) is 10.2 Å². The van der Waals surface area contributed by atoms with Crippen molar-refractivity contribution in [2.24, 2.45) is 0 Å². The van der Waals surface area contributed by atoms with Gasteiger partial charge >= 0.3 is 0 Å². The number of para-hydroxylation sites is 1. The van der Waals surface area contributed by atoms with E-state index in [9.17, 15) is 4.79 Å². The minimum atomic E-state index is -0.221. The Hall–Kier alpha value is -3.59. The third kappa shape index (κ3) is 4.04. The second-order valence-corrected chi connectivity index (χ2v) is 6.57. The van der Waals surface area contributed by atoms with Gasteiger partial charge in [-0.1, -0.05) is 30.0 Å². The molecule has 3 aromatic heterocycles. The number of hydrogen-bond acceptors (Lipinski definition) is 7. The van der Waals surface area contributed by atoms with Gasteiger partial charge in [0.2, 0.25) is 11.9 Å². The number of aromatic nitrogens is 6. The molecule has 9 heteroatoms. The number of nitrogens with zero attached hydrogens (tertiary/aromatic N) is 6. The highest BCUT2D eigenvalue weighted by atomic mass is 32.2. The Morgan fingerprint density at radius 1 is 0.964 bits per heavy atom. The molecule has 0 spiro atoms. The van der Waals surface area contributed by atoms with Crippen LogP contribution in [0.25, 0.3) is 17.1 Å². The molecule has 4 aromatic rings. The van der Waals surface area contributed by atoms with E-state index in [0.717, 1.165) is 11.3 Å². The highest BCUT2D eigenvalue weighted by Gasteiger charge is 2.17. The average molecular weight is 389 g/mol. The highest BCUT2D eigenvalue weighted by molar-refractivity contribution is 7.99. The van der Waals surface area contributed by atoms with Gasteiger partial charge in [0.05, 0.1) is 5.75 Å². The second-order valence-electron chi connectivity index (χ2n) is 5.63. The fraction of sp³-hybridized carbons (Fsp3) is 0.0526. The number of rotatable bonds is 6. The van der Waals surface area contributed by atoms with Crippen molar-refractivity contribution in [1.29, 1.82) is 0 Å². The first-order valence-electron chi connectivity index (χ1n) is 8.42. The lowest BCUT2D eigenvalue weighted by atomic mass is 10.2. The van der Waals surface area contributed by atoms with Gasteiger partial charge in [0, 0.05) is 36.0 Å². The molecular weight excluding hydrogens is 374 g/mol. The molecule has 0 fully saturated rings. The maximum Gasteiger partial charge on any atom is 0.237 e. The first-order chi connectivity index (χ1) is 13.8. The number of carbonyl (C=O) groups is 1. The number of anilines is 1. The maximum atomic E-state index is 12.2. The van der Waals surface area contributed by atoms with E-state index in [0.29, 0.717) is 11.0 Å². The van der Waals surface area contributed by atoms with Crippen LogP contribution in [-0.4, -0.2) is 41.4 Å². The van der Waals surface area contributed by atoms with Gasteiger partial charge < -0.3 is 0 Å². The van der Waals surface area contributed by atoms with E-state index in [1.54, 1.807) is 30.9 Å². The van der Waals surface area contributed by atoms with Crippen LogP contribution in [0.1, 0.15) is 0 Å². The van der Waals surface area contributed by atoms with Gasteiger partial charge in [-0.05, 0) is 30.3 Å². The van der Waals surface area contributed by atoms with Crippen LogP contribution in [0, 0.1) is 0 Å². The molecule has 0 saturated heterocycles. The lowest BCUT2D eigenvalue weighted by Crippen LogP contribution is -2.16. The number of thioether (sulfide) groups is 1. The van der Waals surface area contributed by atoms with Crippen molar-refractivity contribution in [3.63, 3.8) is 0 Å². The Balaban J connectivity index is 1.59. The molecule has 0 radical (unpaired) electrons. The summed E-state index contributed by atoms with van der Waals surface area (Å²) in [5, 5.41) is 11.9. The molecule has 0 bridgehead atoms. The maximum absolute atomic E-state index is 12.2. The van der Waals surface area contributed by atoms with E-state index in [1.165, 1.54) is 11.8 Å². The molecule has 1 aromatic carbocycles. The van der Waals surface area contributed by atoms with Crippen molar-refractivity contribution in [2.45, 2.75) is 5.16 Å². The molecule has 0 atom stereocenters. The largest absolute Gasteiger partial charge is 0.294 e. The van der Waals surface area contributed by atoms with Gasteiger partial charge in [-0.25, -0.2) is 9.97 Å². The van der Waals surface area contributed by atoms with Crippen LogP contribution in [0.15, 0.2) is 78.5 Å². The Morgan fingerprint density at radius 3 is 2.54 bits per heavy atom. The Kier molecular flexibility index (Phi) is 5.34. The minimum Gasteiger partial charge on any atom is -0.294 e. The fourth-order valence-electron chi connectivity index (χ4n) is 2.51. The summed E-state index contributed by atoms with van der Waals surface area (Å²) in [5.41, 5.74) is 1.74. The van der Waals surface area contributed by atoms with Crippen molar-refractivity contribution >= 4 is 23.6 Å². The molecule has 0 saturated carbocycles. The summed E-state index contributed by atoms with van der Waals surface area (Å²) in [6.07, 6.45) is 6.58. The molecule has 0 aliphatic rings. The third-order valence-corrected chi connectivity index (χ3v) is 4.65. The summed E-state index contributed by atoms with van der Waals surface area (Å²) in [5.74, 6) is 0.861. The summed E-state index contributed by atoms with van der Waals surface area (Å²) in [7, 11) is 0. The molecule has 4 rings (SSSR count). The average Bonchev–Trinajstić information content (AvgIpc) is 3.18. The van der Waals surface area contributed by atoms with Crippen LogP contribution in [0.4, 0.5) is 5.95 Å². The number of benzene rings is 1. The normalized spacial score (nSPS) is 10.6. The Bertz CT molecular complexity index is 1060. The van der Waals surface area contributed by atoms with E-state index >= 15 is 0 Å². The Labute approximate surface area is 165 Å². The van der Waals surface area contributed by atoms with Crippen LogP contribution in [0.3, 0.4) is 0 Å². The van der Waals surface area contributed by atoms with Gasteiger partial charge in [-0.2, -0.15) is 0 Å². The molecule has 1 amide bonds. The third-order valence-electron chi connectivity index (χ3n) is 3.72. The van der Waals surface area contributed by atoms with Gasteiger partial charge in [0.15, 0.2) is 11.0 Å². The molecule has 3 heterocycles. The second kappa shape index (κ2) is 8.40. The first-order valence-corrected chi connectivity index (χ1v) is 9.41. The molecule has 0 unspecified atom stereocenters. The summed E-state index contributed by atoms with van der Waals surface area (Å²) >= 11 is 1.29. The monoisotopic (exact) mass is 389 g/mol. The number of amides is 1. The van der Waals surface area contributed by atoms with E-state index in [2.05, 4.69) is 30.5 Å². The summed E-state index contributed by atoms with van der Waals surface area (Å²) in [6, 6.07) is 15.2. The fourth-order valence-corrected chi connectivity index (χ4v) is 3.26.